The molecule has 2 rings (SSSR count). The Balaban J connectivity index is 1.21. The Morgan fingerprint density at radius 2 is 0.686 bits per heavy atom. The molecule has 0 amide bonds. The number of rotatable bonds is 33. The van der Waals surface area contributed by atoms with Crippen LogP contribution in [0.2, 0.25) is 0 Å². The number of esters is 1. The number of carbonyl (C=O) groups excluding carboxylic acids is 1. The maximum Gasteiger partial charge on any atom is 0.313 e. The van der Waals surface area contributed by atoms with Crippen molar-refractivity contribution < 1.29 is 78.9 Å². The second-order valence-corrected chi connectivity index (χ2v) is 10.2. The predicted octanol–water partition coefficient (Wildman–Crippen LogP) is 4.04. The van der Waals surface area contributed by atoms with Gasteiger partial charge in [0.1, 0.15) is 0 Å². The molecule has 2 aromatic rings. The lowest BCUT2D eigenvalue weighted by molar-refractivity contribution is -0.136. The first kappa shape index (κ1) is 44.3. The highest BCUT2D eigenvalue weighted by molar-refractivity contribution is 5.72. The van der Waals surface area contributed by atoms with Gasteiger partial charge in [0.15, 0.2) is 0 Å². The van der Waals surface area contributed by atoms with Crippen molar-refractivity contribution in [2.45, 2.75) is 13.0 Å². The second-order valence-electron chi connectivity index (χ2n) is 10.2. The molecule has 0 aliphatic carbocycles. The van der Waals surface area contributed by atoms with Gasteiger partial charge in [-0.2, -0.15) is 8.78 Å². The van der Waals surface area contributed by atoms with E-state index in [0.717, 1.165) is 5.56 Å². The molecule has 0 spiro atoms. The summed E-state index contributed by atoms with van der Waals surface area (Å²) >= 11 is 0. The number of hydrogen-bond donors (Lipinski definition) is 0. The predicted molar refractivity (Wildman–Crippen MR) is 170 cm³/mol. The van der Waals surface area contributed by atoms with Gasteiger partial charge in [-0.3, -0.25) is 4.79 Å². The molecule has 0 heterocycles. The lowest BCUT2D eigenvalue weighted by Gasteiger charge is -2.09. The van der Waals surface area contributed by atoms with Crippen LogP contribution >= 0.6 is 0 Å². The van der Waals surface area contributed by atoms with Crippen molar-refractivity contribution in [3.63, 3.8) is 0 Å². The lowest BCUT2D eigenvalue weighted by atomic mass is 10.2. The van der Waals surface area contributed by atoms with Crippen LogP contribution in [0.25, 0.3) is 0 Å². The van der Waals surface area contributed by atoms with Crippen LogP contribution in [0.5, 0.6) is 5.75 Å². The van der Waals surface area contributed by atoms with E-state index < -0.39 is 47.2 Å². The molecule has 17 heteroatoms. The van der Waals surface area contributed by atoms with Gasteiger partial charge in [-0.05, 0) is 5.56 Å². The molecule has 2 aromatic carbocycles. The molecule has 0 aliphatic rings. The first-order valence-corrected chi connectivity index (χ1v) is 16.4. The molecule has 0 atom stereocenters. The topological polar surface area (TPSA) is 119 Å². The fourth-order valence-electron chi connectivity index (χ4n) is 3.74. The Bertz CT molecular complexity index is 1150. The summed E-state index contributed by atoms with van der Waals surface area (Å²) < 4.78 is 125. The third kappa shape index (κ3) is 21.3. The number of benzene rings is 2. The molecule has 12 nitrogen and oxygen atoms in total. The van der Waals surface area contributed by atoms with Crippen LogP contribution in [0.15, 0.2) is 30.3 Å². The molecule has 0 aromatic heterocycles. The van der Waals surface area contributed by atoms with Gasteiger partial charge < -0.3 is 52.1 Å². The van der Waals surface area contributed by atoms with E-state index >= 15 is 0 Å². The molecule has 0 bridgehead atoms. The highest BCUT2D eigenvalue weighted by atomic mass is 19.2. The van der Waals surface area contributed by atoms with Crippen LogP contribution in [0.4, 0.5) is 22.0 Å². The molecule has 0 radical (unpaired) electrons. The molecule has 0 saturated heterocycles. The van der Waals surface area contributed by atoms with E-state index in [0.29, 0.717) is 106 Å². The Kier molecular flexibility index (Phi) is 25.8. The Hall–Kier alpha value is -2.84. The second kappa shape index (κ2) is 29.7. The van der Waals surface area contributed by atoms with E-state index in [1.54, 1.807) is 0 Å². The average Bonchev–Trinajstić information content (AvgIpc) is 3.14. The van der Waals surface area contributed by atoms with Gasteiger partial charge in [0.25, 0.3) is 0 Å². The molecular formula is C34H47F5O12. The van der Waals surface area contributed by atoms with E-state index in [1.165, 1.54) is 0 Å². The van der Waals surface area contributed by atoms with Crippen LogP contribution in [-0.2, 0) is 58.8 Å². The van der Waals surface area contributed by atoms with Crippen LogP contribution < -0.4 is 4.74 Å². The van der Waals surface area contributed by atoms with Crippen molar-refractivity contribution in [2.75, 3.05) is 126 Å². The summed E-state index contributed by atoms with van der Waals surface area (Å²) in [5.74, 6) is -14.1. The first-order valence-electron chi connectivity index (χ1n) is 16.4. The van der Waals surface area contributed by atoms with Crippen LogP contribution in [0, 0.1) is 29.1 Å². The van der Waals surface area contributed by atoms with Crippen molar-refractivity contribution in [2.24, 2.45) is 0 Å². The Morgan fingerprint density at radius 3 is 1.04 bits per heavy atom. The number of ether oxygens (including phenoxy) is 11. The van der Waals surface area contributed by atoms with E-state index in [9.17, 15) is 26.7 Å². The third-order valence-electron chi connectivity index (χ3n) is 6.30. The van der Waals surface area contributed by atoms with E-state index in [1.807, 2.05) is 30.3 Å². The van der Waals surface area contributed by atoms with Crippen LogP contribution in [0.1, 0.15) is 12.0 Å². The molecule has 290 valence electrons. The number of halogens is 5. The summed E-state index contributed by atoms with van der Waals surface area (Å²) in [6, 6.07) is 9.97. The van der Waals surface area contributed by atoms with Gasteiger partial charge in [0, 0.05) is 0 Å². The average molecular weight is 743 g/mol. The standard InChI is InChI=1S/C34H47F5O12/c35-29-30(36)32(38)34(33(39)31(29)37)51-28(40)6-7-41-8-9-42-10-11-43-12-13-44-14-15-45-16-17-46-18-19-47-20-21-48-22-23-49-24-25-50-26-27-4-2-1-3-5-27/h1-5H,6-26H2. The molecular weight excluding hydrogens is 695 g/mol. The summed E-state index contributed by atoms with van der Waals surface area (Å²) in [5, 5.41) is 0. The highest BCUT2D eigenvalue weighted by Gasteiger charge is 2.28. The Labute approximate surface area is 294 Å². The molecule has 0 N–H and O–H groups in total. The minimum absolute atomic E-state index is 0.0814. The summed E-state index contributed by atoms with van der Waals surface area (Å²) in [6.07, 6.45) is -0.486. The highest BCUT2D eigenvalue weighted by Crippen LogP contribution is 2.29. The van der Waals surface area contributed by atoms with Crippen molar-refractivity contribution in [3.8, 4) is 5.75 Å². The summed E-state index contributed by atoms with van der Waals surface area (Å²) in [6.45, 7) is 7.54. The molecule has 0 fully saturated rings. The quantitative estimate of drug-likeness (QED) is 0.0262. The SMILES string of the molecule is O=C(CCOCCOCCOCCOCCOCCOCCOCCOCCOCCOCc1ccccc1)Oc1c(F)c(F)c(F)c(F)c1F. The first-order chi connectivity index (χ1) is 24.9. The van der Waals surface area contributed by atoms with Crippen LogP contribution in [0.3, 0.4) is 0 Å². The normalized spacial score (nSPS) is 11.4. The monoisotopic (exact) mass is 742 g/mol. The van der Waals surface area contributed by atoms with Crippen molar-refractivity contribution in [1.29, 1.82) is 0 Å². The van der Waals surface area contributed by atoms with E-state index in [-0.39, 0.29) is 26.4 Å². The molecule has 0 unspecified atom stereocenters. The summed E-state index contributed by atoms with van der Waals surface area (Å²) in [4.78, 5) is 11.6. The van der Waals surface area contributed by atoms with Gasteiger partial charge in [0.05, 0.1) is 139 Å². The zero-order valence-corrected chi connectivity index (χ0v) is 28.5. The maximum absolute atomic E-state index is 13.5. The van der Waals surface area contributed by atoms with Gasteiger partial charge in [-0.15, -0.1) is 0 Å². The third-order valence-corrected chi connectivity index (χ3v) is 6.30. The summed E-state index contributed by atoms with van der Waals surface area (Å²) in [5.41, 5.74) is 1.13. The van der Waals surface area contributed by atoms with Crippen molar-refractivity contribution in [3.05, 3.63) is 65.0 Å². The Morgan fingerprint density at radius 1 is 0.392 bits per heavy atom. The number of carbonyl (C=O) groups is 1. The smallest absolute Gasteiger partial charge is 0.313 e. The van der Waals surface area contributed by atoms with Gasteiger partial charge in [-0.25, -0.2) is 13.2 Å². The molecule has 0 saturated carbocycles. The largest absolute Gasteiger partial charge is 0.420 e. The van der Waals surface area contributed by atoms with E-state index in [2.05, 4.69) is 4.74 Å². The minimum atomic E-state index is -2.35. The van der Waals surface area contributed by atoms with Gasteiger partial charge in [-0.1, -0.05) is 30.3 Å². The molecule has 0 aliphatic heterocycles. The zero-order chi connectivity index (χ0) is 36.8. The van der Waals surface area contributed by atoms with Crippen molar-refractivity contribution >= 4 is 5.97 Å². The van der Waals surface area contributed by atoms with Gasteiger partial charge in [0.2, 0.25) is 34.8 Å². The summed E-state index contributed by atoms with van der Waals surface area (Å²) in [7, 11) is 0. The van der Waals surface area contributed by atoms with E-state index in [4.69, 9.17) is 47.4 Å². The van der Waals surface area contributed by atoms with Crippen molar-refractivity contribution in [1.82, 2.24) is 0 Å². The number of hydrogen-bond acceptors (Lipinski definition) is 12. The van der Waals surface area contributed by atoms with Gasteiger partial charge >= 0.3 is 5.97 Å². The maximum atomic E-state index is 13.5. The fraction of sp³-hybridized carbons (Fsp3) is 0.618. The van der Waals surface area contributed by atoms with Crippen LogP contribution in [-0.4, -0.2) is 132 Å². The fourth-order valence-corrected chi connectivity index (χ4v) is 3.74. The zero-order valence-electron chi connectivity index (χ0n) is 28.5. The minimum Gasteiger partial charge on any atom is -0.420 e. The lowest BCUT2D eigenvalue weighted by Crippen LogP contribution is -2.16. The molecule has 51 heavy (non-hydrogen) atoms.